The van der Waals surface area contributed by atoms with E-state index in [1.807, 2.05) is 0 Å². The number of hydrogen-bond acceptors (Lipinski definition) is 5. The van der Waals surface area contributed by atoms with Crippen molar-refractivity contribution < 1.29 is 9.66 Å². The van der Waals surface area contributed by atoms with Gasteiger partial charge in [0.15, 0.2) is 0 Å². The second kappa shape index (κ2) is 5.13. The molecule has 1 aromatic rings. The van der Waals surface area contributed by atoms with Crippen LogP contribution < -0.4 is 10.5 Å². The van der Waals surface area contributed by atoms with Crippen molar-refractivity contribution >= 4 is 5.69 Å². The predicted octanol–water partition coefficient (Wildman–Crippen LogP) is 0.717. The fourth-order valence-electron chi connectivity index (χ4n) is 0.885. The van der Waals surface area contributed by atoms with Gasteiger partial charge in [-0.05, 0) is 19.0 Å². The van der Waals surface area contributed by atoms with E-state index in [0.29, 0.717) is 19.6 Å². The van der Waals surface area contributed by atoms with Gasteiger partial charge in [0.2, 0.25) is 0 Å². The van der Waals surface area contributed by atoms with Crippen molar-refractivity contribution in [2.24, 2.45) is 5.73 Å². The highest BCUT2D eigenvalue weighted by molar-refractivity contribution is 5.39. The monoisotopic (exact) mass is 197 g/mol. The maximum absolute atomic E-state index is 10.5. The van der Waals surface area contributed by atoms with Crippen LogP contribution in [0.1, 0.15) is 6.42 Å². The molecule has 1 rings (SSSR count). The number of rotatable bonds is 5. The van der Waals surface area contributed by atoms with E-state index in [4.69, 9.17) is 10.5 Å². The van der Waals surface area contributed by atoms with Gasteiger partial charge in [0.25, 0.3) is 5.88 Å². The average molecular weight is 197 g/mol. The minimum Gasteiger partial charge on any atom is -0.473 e. The molecule has 76 valence electrons. The molecule has 14 heavy (non-hydrogen) atoms. The van der Waals surface area contributed by atoms with E-state index in [2.05, 4.69) is 4.98 Å². The second-order valence-corrected chi connectivity index (χ2v) is 2.58. The molecule has 0 aliphatic rings. The second-order valence-electron chi connectivity index (χ2n) is 2.58. The van der Waals surface area contributed by atoms with Gasteiger partial charge in [-0.15, -0.1) is 0 Å². The Kier molecular flexibility index (Phi) is 3.81. The lowest BCUT2D eigenvalue weighted by atomic mass is 10.4. The van der Waals surface area contributed by atoms with Gasteiger partial charge in [-0.25, -0.2) is 4.98 Å². The number of ether oxygens (including phenoxy) is 1. The van der Waals surface area contributed by atoms with Crippen molar-refractivity contribution in [2.75, 3.05) is 13.2 Å². The van der Waals surface area contributed by atoms with Gasteiger partial charge in [0, 0.05) is 12.3 Å². The highest BCUT2D eigenvalue weighted by Crippen LogP contribution is 2.22. The quantitative estimate of drug-likeness (QED) is 0.426. The van der Waals surface area contributed by atoms with E-state index >= 15 is 0 Å². The summed E-state index contributed by atoms with van der Waals surface area (Å²) in [7, 11) is 0. The molecule has 6 nitrogen and oxygen atoms in total. The molecule has 0 bridgehead atoms. The minimum atomic E-state index is -0.523. The Morgan fingerprint density at radius 2 is 2.43 bits per heavy atom. The normalized spacial score (nSPS) is 9.79. The molecule has 0 unspecified atom stereocenters. The van der Waals surface area contributed by atoms with Crippen LogP contribution in [-0.2, 0) is 0 Å². The highest BCUT2D eigenvalue weighted by atomic mass is 16.6. The minimum absolute atomic E-state index is 0.0472. The van der Waals surface area contributed by atoms with E-state index in [1.54, 1.807) is 0 Å². The summed E-state index contributed by atoms with van der Waals surface area (Å²) in [5.74, 6) is 0.0472. The SMILES string of the molecule is NCCCOc1ncccc1[N+](=O)[O-]. The summed E-state index contributed by atoms with van der Waals surface area (Å²) in [4.78, 5) is 13.8. The fraction of sp³-hybridized carbons (Fsp3) is 0.375. The van der Waals surface area contributed by atoms with Crippen molar-refractivity contribution in [1.82, 2.24) is 4.98 Å². The predicted molar refractivity (Wildman–Crippen MR) is 50.1 cm³/mol. The maximum atomic E-state index is 10.5. The van der Waals surface area contributed by atoms with Crippen LogP contribution in [0.2, 0.25) is 0 Å². The Morgan fingerprint density at radius 3 is 3.07 bits per heavy atom. The Bertz CT molecular complexity index is 316. The van der Waals surface area contributed by atoms with Crippen molar-refractivity contribution in [1.29, 1.82) is 0 Å². The molecule has 0 radical (unpaired) electrons. The van der Waals surface area contributed by atoms with Gasteiger partial charge in [0.05, 0.1) is 11.5 Å². The molecule has 0 fully saturated rings. The van der Waals surface area contributed by atoms with E-state index in [1.165, 1.54) is 18.3 Å². The number of pyridine rings is 1. The zero-order valence-corrected chi connectivity index (χ0v) is 7.55. The van der Waals surface area contributed by atoms with E-state index in [0.717, 1.165) is 0 Å². The topological polar surface area (TPSA) is 91.3 Å². The summed E-state index contributed by atoms with van der Waals surface area (Å²) in [5.41, 5.74) is 5.14. The molecule has 1 aromatic heterocycles. The third-order valence-corrected chi connectivity index (χ3v) is 1.54. The molecule has 0 amide bonds. The Hall–Kier alpha value is -1.69. The lowest BCUT2D eigenvalue weighted by molar-refractivity contribution is -0.386. The Morgan fingerprint density at radius 1 is 1.64 bits per heavy atom. The average Bonchev–Trinajstić information content (AvgIpc) is 2.19. The van der Waals surface area contributed by atoms with Crippen molar-refractivity contribution in [3.63, 3.8) is 0 Å². The fourth-order valence-corrected chi connectivity index (χ4v) is 0.885. The van der Waals surface area contributed by atoms with Crippen LogP contribution in [0.5, 0.6) is 5.88 Å². The molecule has 0 aliphatic carbocycles. The first-order chi connectivity index (χ1) is 6.75. The molecular formula is C8H11N3O3. The molecule has 2 N–H and O–H groups in total. The maximum Gasteiger partial charge on any atom is 0.330 e. The van der Waals surface area contributed by atoms with Gasteiger partial charge in [-0.2, -0.15) is 0 Å². The molecule has 0 aromatic carbocycles. The first-order valence-corrected chi connectivity index (χ1v) is 4.18. The number of hydrogen-bond donors (Lipinski definition) is 1. The molecule has 0 saturated carbocycles. The van der Waals surface area contributed by atoms with Gasteiger partial charge in [-0.3, -0.25) is 10.1 Å². The summed E-state index contributed by atoms with van der Waals surface area (Å²) in [6, 6.07) is 2.85. The van der Waals surface area contributed by atoms with Gasteiger partial charge in [-0.1, -0.05) is 0 Å². The third kappa shape index (κ3) is 2.67. The zero-order valence-electron chi connectivity index (χ0n) is 7.55. The van der Waals surface area contributed by atoms with Gasteiger partial charge in [0.1, 0.15) is 0 Å². The van der Waals surface area contributed by atoms with Crippen LogP contribution >= 0.6 is 0 Å². The van der Waals surface area contributed by atoms with Crippen LogP contribution in [0, 0.1) is 10.1 Å². The molecule has 0 saturated heterocycles. The van der Waals surface area contributed by atoms with Crippen molar-refractivity contribution in [2.45, 2.75) is 6.42 Å². The summed E-state index contributed by atoms with van der Waals surface area (Å²) >= 11 is 0. The first-order valence-electron chi connectivity index (χ1n) is 4.18. The lowest BCUT2D eigenvalue weighted by Crippen LogP contribution is -2.07. The smallest absolute Gasteiger partial charge is 0.330 e. The Labute approximate surface area is 80.9 Å². The summed E-state index contributed by atoms with van der Waals surface area (Å²) in [5, 5.41) is 10.5. The number of nitrogens with zero attached hydrogens (tertiary/aromatic N) is 2. The van der Waals surface area contributed by atoms with Gasteiger partial charge >= 0.3 is 5.69 Å². The van der Waals surface area contributed by atoms with Crippen LogP contribution in [0.4, 0.5) is 5.69 Å². The molecule has 0 atom stereocenters. The third-order valence-electron chi connectivity index (χ3n) is 1.54. The van der Waals surface area contributed by atoms with Gasteiger partial charge < -0.3 is 10.5 Å². The Balaban J connectivity index is 2.69. The van der Waals surface area contributed by atoms with Crippen LogP contribution in [0.25, 0.3) is 0 Å². The van der Waals surface area contributed by atoms with Crippen molar-refractivity contribution in [3.05, 3.63) is 28.4 Å². The molecule has 1 heterocycles. The van der Waals surface area contributed by atoms with E-state index in [9.17, 15) is 10.1 Å². The molecule has 6 heteroatoms. The number of nitro groups is 1. The largest absolute Gasteiger partial charge is 0.473 e. The lowest BCUT2D eigenvalue weighted by Gasteiger charge is -2.03. The standard InChI is InChI=1S/C8H11N3O3/c9-4-2-6-14-8-7(11(12)13)3-1-5-10-8/h1,3,5H,2,4,6,9H2. The summed E-state index contributed by atoms with van der Waals surface area (Å²) in [6.45, 7) is 0.828. The molecular weight excluding hydrogens is 186 g/mol. The molecule has 0 aliphatic heterocycles. The van der Waals surface area contributed by atoms with E-state index in [-0.39, 0.29) is 11.6 Å². The molecule has 0 spiro atoms. The van der Waals surface area contributed by atoms with Crippen LogP contribution in [0.15, 0.2) is 18.3 Å². The van der Waals surface area contributed by atoms with Crippen LogP contribution in [-0.4, -0.2) is 23.1 Å². The summed E-state index contributed by atoms with van der Waals surface area (Å²) in [6.07, 6.45) is 2.10. The first kappa shape index (κ1) is 10.4. The van der Waals surface area contributed by atoms with Crippen molar-refractivity contribution in [3.8, 4) is 5.88 Å². The zero-order chi connectivity index (χ0) is 10.4. The number of aromatic nitrogens is 1. The highest BCUT2D eigenvalue weighted by Gasteiger charge is 2.14. The van der Waals surface area contributed by atoms with Crippen LogP contribution in [0.3, 0.4) is 0 Å². The number of nitrogens with two attached hydrogens (primary N) is 1. The summed E-state index contributed by atoms with van der Waals surface area (Å²) < 4.78 is 5.11. The van der Waals surface area contributed by atoms with E-state index < -0.39 is 4.92 Å².